The molecular formula is C15H20O4. The molecule has 0 spiro atoms. The van der Waals surface area contributed by atoms with Gasteiger partial charge < -0.3 is 14.3 Å². The highest BCUT2D eigenvalue weighted by atomic mass is 16.5. The Morgan fingerprint density at radius 1 is 1.42 bits per heavy atom. The van der Waals surface area contributed by atoms with Crippen LogP contribution in [0.5, 0.6) is 0 Å². The molecule has 4 nitrogen and oxygen atoms in total. The zero-order valence-corrected chi connectivity index (χ0v) is 11.8. The fraction of sp³-hybridized carbons (Fsp3) is 0.400. The molecule has 104 valence electrons. The van der Waals surface area contributed by atoms with Gasteiger partial charge in [-0.2, -0.15) is 0 Å². The topological polar surface area (TPSA) is 59.7 Å². The van der Waals surface area contributed by atoms with Crippen LogP contribution in [0.25, 0.3) is 0 Å². The van der Waals surface area contributed by atoms with E-state index in [2.05, 4.69) is 0 Å². The molecule has 0 atom stereocenters. The Kier molecular flexibility index (Phi) is 5.42. The van der Waals surface area contributed by atoms with Gasteiger partial charge in [0, 0.05) is 12.0 Å². The fourth-order valence-electron chi connectivity index (χ4n) is 1.47. The zero-order chi connectivity index (χ0) is 14.4. The highest BCUT2D eigenvalue weighted by Crippen LogP contribution is 2.17. The van der Waals surface area contributed by atoms with Gasteiger partial charge in [-0.1, -0.05) is 18.6 Å². The molecule has 0 fully saturated rings. The third kappa shape index (κ3) is 4.66. The van der Waals surface area contributed by atoms with Crippen molar-refractivity contribution in [2.24, 2.45) is 0 Å². The van der Waals surface area contributed by atoms with Gasteiger partial charge >= 0.3 is 5.97 Å². The van der Waals surface area contributed by atoms with Crippen molar-refractivity contribution in [2.75, 3.05) is 0 Å². The first-order valence-corrected chi connectivity index (χ1v) is 6.23. The minimum atomic E-state index is -1.06. The first kappa shape index (κ1) is 15.1. The van der Waals surface area contributed by atoms with Gasteiger partial charge in [-0.3, -0.25) is 0 Å². The molecule has 0 saturated heterocycles. The lowest BCUT2D eigenvalue weighted by atomic mass is 10.2. The van der Waals surface area contributed by atoms with Gasteiger partial charge in [0.15, 0.2) is 0 Å². The van der Waals surface area contributed by atoms with Gasteiger partial charge in [0.1, 0.15) is 12.4 Å². The molecular weight excluding hydrogens is 244 g/mol. The monoisotopic (exact) mass is 264 g/mol. The van der Waals surface area contributed by atoms with Crippen LogP contribution < -0.4 is 0 Å². The van der Waals surface area contributed by atoms with Crippen molar-refractivity contribution in [1.82, 2.24) is 0 Å². The second kappa shape index (κ2) is 6.83. The van der Waals surface area contributed by atoms with E-state index in [0.29, 0.717) is 12.4 Å². The minimum absolute atomic E-state index is 0.0533. The van der Waals surface area contributed by atoms with Crippen molar-refractivity contribution < 1.29 is 19.1 Å². The molecule has 0 amide bonds. The number of carbonyl (C=O) groups is 1. The van der Waals surface area contributed by atoms with Crippen LogP contribution in [-0.2, 0) is 11.3 Å². The molecule has 1 aromatic rings. The summed E-state index contributed by atoms with van der Waals surface area (Å²) in [5, 5.41) is 8.84. The molecule has 19 heavy (non-hydrogen) atoms. The molecule has 0 aliphatic rings. The van der Waals surface area contributed by atoms with Crippen molar-refractivity contribution in [2.45, 2.75) is 40.7 Å². The van der Waals surface area contributed by atoms with Crippen molar-refractivity contribution in [3.63, 3.8) is 0 Å². The van der Waals surface area contributed by atoms with E-state index in [1.807, 2.05) is 32.9 Å². The van der Waals surface area contributed by atoms with E-state index in [1.165, 1.54) is 11.6 Å². The normalized spacial score (nSPS) is 11.3. The molecule has 1 heterocycles. The van der Waals surface area contributed by atoms with E-state index in [4.69, 9.17) is 14.3 Å². The fourth-order valence-corrected chi connectivity index (χ4v) is 1.47. The summed E-state index contributed by atoms with van der Waals surface area (Å²) >= 11 is 0. The average Bonchev–Trinajstić information content (AvgIpc) is 2.71. The van der Waals surface area contributed by atoms with Gasteiger partial charge in [0.2, 0.25) is 5.76 Å². The maximum atomic E-state index is 10.8. The molecule has 0 radical (unpaired) electrons. The number of furan rings is 1. The second-order valence-corrected chi connectivity index (χ2v) is 4.52. The van der Waals surface area contributed by atoms with Crippen LogP contribution in [0.4, 0.5) is 0 Å². The number of aryl methyl sites for hydroxylation is 1. The number of aromatic carboxylic acids is 1. The summed E-state index contributed by atoms with van der Waals surface area (Å²) in [6.07, 6.45) is 4.71. The number of rotatable bonds is 6. The zero-order valence-electron chi connectivity index (χ0n) is 11.8. The third-order valence-corrected chi connectivity index (χ3v) is 2.60. The first-order valence-electron chi connectivity index (χ1n) is 6.23. The summed E-state index contributed by atoms with van der Waals surface area (Å²) in [6.45, 7) is 8.09. The summed E-state index contributed by atoms with van der Waals surface area (Å²) in [6, 6.07) is 1.51. The molecule has 0 unspecified atom stereocenters. The molecule has 1 aromatic heterocycles. The molecule has 1 rings (SSSR count). The highest BCUT2D eigenvalue weighted by molar-refractivity contribution is 5.84. The Bertz CT molecular complexity index is 502. The smallest absolute Gasteiger partial charge is 0.371 e. The Morgan fingerprint density at radius 3 is 2.58 bits per heavy atom. The number of carboxylic acids is 1. The van der Waals surface area contributed by atoms with Gasteiger partial charge in [-0.05, 0) is 32.9 Å². The quantitative estimate of drug-likeness (QED) is 0.621. The van der Waals surface area contributed by atoms with Crippen LogP contribution in [0.1, 0.15) is 49.1 Å². The van der Waals surface area contributed by atoms with E-state index in [0.717, 1.165) is 17.7 Å². The van der Waals surface area contributed by atoms with E-state index in [1.54, 1.807) is 6.92 Å². The van der Waals surface area contributed by atoms with Crippen molar-refractivity contribution in [3.05, 3.63) is 46.6 Å². The molecule has 0 aliphatic heterocycles. The molecule has 0 aromatic carbocycles. The van der Waals surface area contributed by atoms with E-state index >= 15 is 0 Å². The van der Waals surface area contributed by atoms with Crippen LogP contribution in [0.2, 0.25) is 0 Å². The summed E-state index contributed by atoms with van der Waals surface area (Å²) in [7, 11) is 0. The average molecular weight is 264 g/mol. The molecule has 0 aliphatic carbocycles. The first-order chi connectivity index (χ1) is 8.93. The van der Waals surface area contributed by atoms with Crippen molar-refractivity contribution >= 4 is 5.97 Å². The number of ether oxygens (including phenoxy) is 1. The Balaban J connectivity index is 2.72. The highest BCUT2D eigenvalue weighted by Gasteiger charge is 2.13. The van der Waals surface area contributed by atoms with Gasteiger partial charge in [-0.15, -0.1) is 0 Å². The van der Waals surface area contributed by atoms with Crippen molar-refractivity contribution in [3.8, 4) is 0 Å². The van der Waals surface area contributed by atoms with Gasteiger partial charge in [0.05, 0.1) is 5.76 Å². The summed E-state index contributed by atoms with van der Waals surface area (Å²) in [5.41, 5.74) is 1.95. The van der Waals surface area contributed by atoms with Crippen LogP contribution in [0.3, 0.4) is 0 Å². The Hall–Kier alpha value is -1.97. The van der Waals surface area contributed by atoms with Crippen LogP contribution in [0, 0.1) is 6.92 Å². The lowest BCUT2D eigenvalue weighted by molar-refractivity contribution is 0.0661. The third-order valence-electron chi connectivity index (χ3n) is 2.60. The predicted octanol–water partition coefficient (Wildman–Crippen LogP) is 4.06. The summed E-state index contributed by atoms with van der Waals surface area (Å²) in [5.74, 6) is 0.321. The number of carboxylic acid groups (broad SMARTS) is 1. The molecule has 1 N–H and O–H groups in total. The predicted molar refractivity (Wildman–Crippen MR) is 73.0 cm³/mol. The number of allylic oxidation sites excluding steroid dienone is 4. The maximum absolute atomic E-state index is 10.8. The standard InChI is InChI=1S/C15H20O4/c1-5-13(7-6-10(2)3)18-9-12-8-14(15(16)17)19-11(12)4/h6-8H,5,9H2,1-4H3,(H,16,17)/b13-7+. The lowest BCUT2D eigenvalue weighted by Crippen LogP contribution is -1.94. The summed E-state index contributed by atoms with van der Waals surface area (Å²) < 4.78 is 10.8. The van der Waals surface area contributed by atoms with Crippen molar-refractivity contribution in [1.29, 1.82) is 0 Å². The number of hydrogen-bond acceptors (Lipinski definition) is 3. The number of hydrogen-bond donors (Lipinski definition) is 1. The molecule has 4 heteroatoms. The SMILES string of the molecule is CC/C(=C\C=C(C)C)OCc1cc(C(=O)O)oc1C. The second-order valence-electron chi connectivity index (χ2n) is 4.52. The Morgan fingerprint density at radius 2 is 2.11 bits per heavy atom. The van der Waals surface area contributed by atoms with Crippen LogP contribution in [-0.4, -0.2) is 11.1 Å². The largest absolute Gasteiger partial charge is 0.493 e. The Labute approximate surface area is 113 Å². The van der Waals surface area contributed by atoms with Crippen LogP contribution >= 0.6 is 0 Å². The van der Waals surface area contributed by atoms with E-state index in [-0.39, 0.29) is 5.76 Å². The maximum Gasteiger partial charge on any atom is 0.371 e. The molecule has 0 bridgehead atoms. The van der Waals surface area contributed by atoms with E-state index < -0.39 is 5.97 Å². The van der Waals surface area contributed by atoms with Gasteiger partial charge in [-0.25, -0.2) is 4.79 Å². The lowest BCUT2D eigenvalue weighted by Gasteiger charge is -2.07. The molecule has 0 saturated carbocycles. The minimum Gasteiger partial charge on any atom is -0.493 e. The summed E-state index contributed by atoms with van der Waals surface area (Å²) in [4.78, 5) is 10.8. The van der Waals surface area contributed by atoms with Gasteiger partial charge in [0.25, 0.3) is 0 Å². The van der Waals surface area contributed by atoms with Crippen LogP contribution in [0.15, 0.2) is 34.0 Å². The van der Waals surface area contributed by atoms with E-state index in [9.17, 15) is 4.79 Å².